The van der Waals surface area contributed by atoms with Crippen LogP contribution in [0.3, 0.4) is 0 Å². The van der Waals surface area contributed by atoms with Crippen LogP contribution in [0.1, 0.15) is 15.9 Å². The molecule has 9 heteroatoms. The second-order valence-electron chi connectivity index (χ2n) is 5.61. The van der Waals surface area contributed by atoms with E-state index >= 15 is 0 Å². The molecule has 0 radical (unpaired) electrons. The highest BCUT2D eigenvalue weighted by molar-refractivity contribution is 7.89. The number of hydrogen-bond acceptors (Lipinski definition) is 6. The van der Waals surface area contributed by atoms with Gasteiger partial charge in [-0.2, -0.15) is 0 Å². The van der Waals surface area contributed by atoms with Crippen molar-refractivity contribution < 1.29 is 22.4 Å². The Hall–Kier alpha value is -3.17. The molecule has 3 aromatic rings. The third-order valence-corrected chi connectivity index (χ3v) is 5.25. The number of methoxy groups -OCH3 is 1. The van der Waals surface area contributed by atoms with Crippen molar-refractivity contribution in [2.75, 3.05) is 7.11 Å². The first-order valence-corrected chi connectivity index (χ1v) is 9.34. The van der Waals surface area contributed by atoms with Gasteiger partial charge in [-0.15, -0.1) is 0 Å². The van der Waals surface area contributed by atoms with Gasteiger partial charge in [0.05, 0.1) is 35.8 Å². The molecule has 0 aliphatic rings. The van der Waals surface area contributed by atoms with Crippen LogP contribution >= 0.6 is 0 Å². The van der Waals surface area contributed by atoms with Gasteiger partial charge in [-0.25, -0.2) is 13.1 Å². The molecule has 1 amide bonds. The molecule has 8 nitrogen and oxygen atoms in total. The third-order valence-electron chi connectivity index (χ3n) is 3.85. The van der Waals surface area contributed by atoms with Crippen molar-refractivity contribution in [3.63, 3.8) is 0 Å². The van der Waals surface area contributed by atoms with E-state index in [1.54, 1.807) is 36.9 Å². The summed E-state index contributed by atoms with van der Waals surface area (Å²) in [6, 6.07) is 9.23. The first-order valence-electron chi connectivity index (χ1n) is 7.86. The van der Waals surface area contributed by atoms with Crippen LogP contribution in [-0.2, 0) is 16.6 Å². The average molecular weight is 387 g/mol. The second-order valence-corrected chi connectivity index (χ2v) is 7.38. The maximum absolute atomic E-state index is 12.5. The Kier molecular flexibility index (Phi) is 5.24. The number of carbonyl (C=O) groups excluding carboxylic acids is 1. The van der Waals surface area contributed by atoms with Gasteiger partial charge in [0.15, 0.2) is 0 Å². The predicted molar refractivity (Wildman–Crippen MR) is 97.5 cm³/mol. The van der Waals surface area contributed by atoms with E-state index in [4.69, 9.17) is 14.9 Å². The molecular weight excluding hydrogens is 370 g/mol. The Morgan fingerprint density at radius 2 is 2.07 bits per heavy atom. The lowest BCUT2D eigenvalue weighted by molar-refractivity contribution is 0.0997. The zero-order valence-electron chi connectivity index (χ0n) is 14.4. The fraction of sp³-hybridized carbons (Fsp3) is 0.111. The normalized spacial score (nSPS) is 11.3. The molecule has 0 bridgehead atoms. The fourth-order valence-electron chi connectivity index (χ4n) is 2.42. The van der Waals surface area contributed by atoms with Gasteiger partial charge in [-0.3, -0.25) is 9.78 Å². The van der Waals surface area contributed by atoms with E-state index in [0.29, 0.717) is 5.56 Å². The summed E-state index contributed by atoms with van der Waals surface area (Å²) in [6.45, 7) is 0.0406. The molecule has 0 saturated carbocycles. The summed E-state index contributed by atoms with van der Waals surface area (Å²) in [5.41, 5.74) is 7.49. The second kappa shape index (κ2) is 7.60. The molecule has 0 atom stereocenters. The van der Waals surface area contributed by atoms with Crippen molar-refractivity contribution in [1.82, 2.24) is 9.71 Å². The van der Waals surface area contributed by atoms with E-state index in [1.807, 2.05) is 0 Å². The number of hydrogen-bond donors (Lipinski definition) is 2. The summed E-state index contributed by atoms with van der Waals surface area (Å²) < 4.78 is 37.5. The molecule has 0 fully saturated rings. The number of ether oxygens (including phenoxy) is 1. The SMILES string of the molecule is COc1ccc(S(=O)(=O)NCc2ccc(-c3ccoc3)nc2)cc1C(N)=O. The van der Waals surface area contributed by atoms with Crippen LogP contribution in [-0.4, -0.2) is 26.4 Å². The minimum atomic E-state index is -3.85. The van der Waals surface area contributed by atoms with Gasteiger partial charge in [-0.1, -0.05) is 6.07 Å². The monoisotopic (exact) mass is 387 g/mol. The zero-order valence-corrected chi connectivity index (χ0v) is 15.2. The number of rotatable bonds is 7. The van der Waals surface area contributed by atoms with Crippen molar-refractivity contribution in [1.29, 1.82) is 0 Å². The van der Waals surface area contributed by atoms with Crippen molar-refractivity contribution in [3.05, 3.63) is 66.2 Å². The van der Waals surface area contributed by atoms with E-state index in [2.05, 4.69) is 9.71 Å². The molecule has 2 heterocycles. The van der Waals surface area contributed by atoms with Gasteiger partial charge in [0.25, 0.3) is 5.91 Å². The number of primary amides is 1. The number of benzene rings is 1. The highest BCUT2D eigenvalue weighted by Crippen LogP contribution is 2.22. The minimum Gasteiger partial charge on any atom is -0.496 e. The van der Waals surface area contributed by atoms with E-state index in [-0.39, 0.29) is 22.8 Å². The van der Waals surface area contributed by atoms with Crippen molar-refractivity contribution >= 4 is 15.9 Å². The summed E-state index contributed by atoms with van der Waals surface area (Å²) in [6.07, 6.45) is 4.70. The van der Waals surface area contributed by atoms with Gasteiger partial charge in [0, 0.05) is 18.3 Å². The molecule has 0 aliphatic heterocycles. The van der Waals surface area contributed by atoms with Crippen LogP contribution in [0.15, 0.2) is 64.4 Å². The van der Waals surface area contributed by atoms with Crippen LogP contribution in [0.25, 0.3) is 11.3 Å². The summed E-state index contributed by atoms with van der Waals surface area (Å²) in [4.78, 5) is 15.7. The molecule has 27 heavy (non-hydrogen) atoms. The summed E-state index contributed by atoms with van der Waals surface area (Å²) >= 11 is 0. The van der Waals surface area contributed by atoms with Crippen LogP contribution in [0.4, 0.5) is 0 Å². The van der Waals surface area contributed by atoms with Gasteiger partial charge >= 0.3 is 0 Å². The molecule has 1 aromatic carbocycles. The molecular formula is C18H17N3O5S. The van der Waals surface area contributed by atoms with Crippen molar-refractivity contribution in [2.24, 2.45) is 5.73 Å². The number of sulfonamides is 1. The lowest BCUT2D eigenvalue weighted by Gasteiger charge is -2.10. The molecule has 0 spiro atoms. The fourth-order valence-corrected chi connectivity index (χ4v) is 3.46. The molecule has 0 aliphatic carbocycles. The number of pyridine rings is 1. The topological polar surface area (TPSA) is 125 Å². The molecule has 0 saturated heterocycles. The third kappa shape index (κ3) is 4.15. The Morgan fingerprint density at radius 1 is 1.26 bits per heavy atom. The maximum atomic E-state index is 12.5. The summed E-state index contributed by atoms with van der Waals surface area (Å²) in [5.74, 6) is -0.566. The van der Waals surface area contributed by atoms with Gasteiger partial charge < -0.3 is 14.9 Å². The number of furan rings is 1. The Labute approximate surface area is 156 Å². The van der Waals surface area contributed by atoms with Gasteiger partial charge in [0.1, 0.15) is 5.75 Å². The van der Waals surface area contributed by atoms with Crippen LogP contribution in [0.5, 0.6) is 5.75 Å². The Balaban J connectivity index is 1.75. The number of nitrogens with zero attached hydrogens (tertiary/aromatic N) is 1. The number of carbonyl (C=O) groups is 1. The van der Waals surface area contributed by atoms with Crippen molar-refractivity contribution in [2.45, 2.75) is 11.4 Å². The molecule has 2 aromatic heterocycles. The highest BCUT2D eigenvalue weighted by atomic mass is 32.2. The maximum Gasteiger partial charge on any atom is 0.252 e. The lowest BCUT2D eigenvalue weighted by Crippen LogP contribution is -2.24. The van der Waals surface area contributed by atoms with E-state index in [0.717, 1.165) is 11.3 Å². The molecule has 3 rings (SSSR count). The molecule has 3 N–H and O–H groups in total. The van der Waals surface area contributed by atoms with Crippen LogP contribution in [0, 0.1) is 0 Å². The zero-order chi connectivity index (χ0) is 19.4. The highest BCUT2D eigenvalue weighted by Gasteiger charge is 2.18. The Bertz CT molecular complexity index is 1050. The summed E-state index contributed by atoms with van der Waals surface area (Å²) in [7, 11) is -2.48. The average Bonchev–Trinajstić information content (AvgIpc) is 3.21. The number of nitrogens with one attached hydrogen (secondary N) is 1. The first kappa shape index (κ1) is 18.6. The first-order chi connectivity index (χ1) is 12.9. The van der Waals surface area contributed by atoms with Gasteiger partial charge in [0.2, 0.25) is 10.0 Å². The standard InChI is InChI=1S/C18H17N3O5S/c1-25-17-5-3-14(8-15(17)18(19)22)27(23,24)21-10-12-2-4-16(20-9-12)13-6-7-26-11-13/h2-9,11,21H,10H2,1H3,(H2,19,22). The number of nitrogens with two attached hydrogens (primary N) is 1. The molecule has 0 unspecified atom stereocenters. The lowest BCUT2D eigenvalue weighted by atomic mass is 10.2. The van der Waals surface area contributed by atoms with Crippen LogP contribution in [0.2, 0.25) is 0 Å². The van der Waals surface area contributed by atoms with E-state index < -0.39 is 15.9 Å². The van der Waals surface area contributed by atoms with Crippen molar-refractivity contribution in [3.8, 4) is 17.0 Å². The minimum absolute atomic E-state index is 0.00786. The Morgan fingerprint density at radius 3 is 2.67 bits per heavy atom. The molecule has 140 valence electrons. The largest absolute Gasteiger partial charge is 0.496 e. The number of aromatic nitrogens is 1. The number of amides is 1. The van der Waals surface area contributed by atoms with Gasteiger partial charge in [-0.05, 0) is 35.9 Å². The predicted octanol–water partition coefficient (Wildman–Crippen LogP) is 1.93. The van der Waals surface area contributed by atoms with Crippen LogP contribution < -0.4 is 15.2 Å². The van der Waals surface area contributed by atoms with E-state index in [1.165, 1.54) is 25.3 Å². The van der Waals surface area contributed by atoms with E-state index in [9.17, 15) is 13.2 Å². The smallest absolute Gasteiger partial charge is 0.252 e. The summed E-state index contributed by atoms with van der Waals surface area (Å²) in [5, 5.41) is 0. The quantitative estimate of drug-likeness (QED) is 0.638.